The van der Waals surface area contributed by atoms with E-state index >= 15 is 0 Å². The van der Waals surface area contributed by atoms with Crippen LogP contribution in [0, 0.1) is 25.5 Å². The molecule has 2 rings (SSSR count). The topological polar surface area (TPSA) is 12.0 Å². The Hall–Kier alpha value is -1.45. The smallest absolute Gasteiger partial charge is 0.128 e. The van der Waals surface area contributed by atoms with Gasteiger partial charge in [0.05, 0.1) is 6.04 Å². The summed E-state index contributed by atoms with van der Waals surface area (Å²) in [6.07, 6.45) is 0. The van der Waals surface area contributed by atoms with E-state index in [1.807, 2.05) is 19.1 Å². The molecule has 1 unspecified atom stereocenters. The van der Waals surface area contributed by atoms with E-state index in [1.54, 1.807) is 20.0 Å². The molecule has 0 bridgehead atoms. The van der Waals surface area contributed by atoms with Crippen LogP contribution in [-0.4, -0.2) is 7.05 Å². The summed E-state index contributed by atoms with van der Waals surface area (Å²) >= 11 is 6.00. The Morgan fingerprint density at radius 2 is 1.70 bits per heavy atom. The second-order valence-corrected chi connectivity index (χ2v) is 5.26. The molecule has 2 aromatic carbocycles. The van der Waals surface area contributed by atoms with E-state index in [0.29, 0.717) is 10.6 Å². The van der Waals surface area contributed by atoms with Gasteiger partial charge < -0.3 is 5.32 Å². The van der Waals surface area contributed by atoms with Crippen molar-refractivity contribution >= 4 is 11.6 Å². The van der Waals surface area contributed by atoms with Crippen molar-refractivity contribution in [3.8, 4) is 0 Å². The third kappa shape index (κ3) is 2.84. The molecular weight excluding hydrogens is 280 g/mol. The first-order chi connectivity index (χ1) is 9.43. The number of aryl methyl sites for hydroxylation is 2. The zero-order valence-electron chi connectivity index (χ0n) is 11.6. The summed E-state index contributed by atoms with van der Waals surface area (Å²) in [4.78, 5) is 0. The van der Waals surface area contributed by atoms with Crippen molar-refractivity contribution in [1.82, 2.24) is 5.32 Å². The summed E-state index contributed by atoms with van der Waals surface area (Å²) in [7, 11) is 1.71. The molecule has 0 radical (unpaired) electrons. The van der Waals surface area contributed by atoms with Gasteiger partial charge in [-0.2, -0.15) is 0 Å². The van der Waals surface area contributed by atoms with Gasteiger partial charge in [-0.25, -0.2) is 8.78 Å². The molecule has 20 heavy (non-hydrogen) atoms. The lowest BCUT2D eigenvalue weighted by Gasteiger charge is -2.19. The summed E-state index contributed by atoms with van der Waals surface area (Å²) < 4.78 is 27.8. The van der Waals surface area contributed by atoms with Crippen LogP contribution in [0.25, 0.3) is 0 Å². The molecule has 0 aromatic heterocycles. The predicted octanol–water partition coefficient (Wildman–Crippen LogP) is 4.54. The summed E-state index contributed by atoms with van der Waals surface area (Å²) in [6.45, 7) is 3.42. The van der Waals surface area contributed by atoms with E-state index in [9.17, 15) is 8.78 Å². The van der Waals surface area contributed by atoms with Crippen molar-refractivity contribution in [3.05, 3.63) is 69.2 Å². The van der Waals surface area contributed by atoms with Crippen LogP contribution in [0.5, 0.6) is 0 Å². The summed E-state index contributed by atoms with van der Waals surface area (Å²) in [5, 5.41) is 3.67. The van der Waals surface area contributed by atoms with E-state index in [2.05, 4.69) is 5.32 Å². The van der Waals surface area contributed by atoms with E-state index in [1.165, 1.54) is 12.1 Å². The van der Waals surface area contributed by atoms with Crippen LogP contribution in [0.15, 0.2) is 30.3 Å². The molecule has 0 heterocycles. The number of hydrogen-bond donors (Lipinski definition) is 1. The van der Waals surface area contributed by atoms with Crippen molar-refractivity contribution in [2.75, 3.05) is 7.05 Å². The second kappa shape index (κ2) is 5.90. The second-order valence-electron chi connectivity index (χ2n) is 4.85. The highest BCUT2D eigenvalue weighted by Crippen LogP contribution is 2.28. The van der Waals surface area contributed by atoms with Gasteiger partial charge in [-0.3, -0.25) is 0 Å². The molecule has 0 aliphatic heterocycles. The number of hydrogen-bond acceptors (Lipinski definition) is 1. The molecule has 0 fully saturated rings. The van der Waals surface area contributed by atoms with Gasteiger partial charge in [0.25, 0.3) is 0 Å². The molecule has 0 saturated heterocycles. The van der Waals surface area contributed by atoms with Crippen LogP contribution in [0.4, 0.5) is 8.78 Å². The predicted molar refractivity (Wildman–Crippen MR) is 78.2 cm³/mol. The van der Waals surface area contributed by atoms with E-state index in [4.69, 9.17) is 11.6 Å². The quantitative estimate of drug-likeness (QED) is 0.876. The fourth-order valence-electron chi connectivity index (χ4n) is 2.23. The molecule has 0 spiro atoms. The van der Waals surface area contributed by atoms with Crippen molar-refractivity contribution in [2.45, 2.75) is 19.9 Å². The Morgan fingerprint density at radius 1 is 1.00 bits per heavy atom. The van der Waals surface area contributed by atoms with Gasteiger partial charge in [-0.05, 0) is 55.8 Å². The summed E-state index contributed by atoms with van der Waals surface area (Å²) in [6, 6.07) is 7.50. The largest absolute Gasteiger partial charge is 0.309 e. The first-order valence-electron chi connectivity index (χ1n) is 6.33. The van der Waals surface area contributed by atoms with Gasteiger partial charge in [0, 0.05) is 10.6 Å². The first-order valence-corrected chi connectivity index (χ1v) is 6.70. The third-order valence-corrected chi connectivity index (χ3v) is 3.82. The minimum Gasteiger partial charge on any atom is -0.309 e. The molecular formula is C16H16ClF2N. The highest BCUT2D eigenvalue weighted by atomic mass is 35.5. The van der Waals surface area contributed by atoms with Crippen molar-refractivity contribution in [2.24, 2.45) is 0 Å². The van der Waals surface area contributed by atoms with Gasteiger partial charge >= 0.3 is 0 Å². The average Bonchev–Trinajstić information content (AvgIpc) is 2.40. The summed E-state index contributed by atoms with van der Waals surface area (Å²) in [5.41, 5.74) is 2.33. The molecule has 1 N–H and O–H groups in total. The minimum absolute atomic E-state index is 0.289. The van der Waals surface area contributed by atoms with Gasteiger partial charge in [0.15, 0.2) is 0 Å². The van der Waals surface area contributed by atoms with Crippen LogP contribution in [0.1, 0.15) is 28.3 Å². The lowest BCUT2D eigenvalue weighted by Crippen LogP contribution is -2.19. The molecule has 0 saturated carbocycles. The lowest BCUT2D eigenvalue weighted by molar-refractivity contribution is 0.553. The Balaban J connectivity index is 2.52. The van der Waals surface area contributed by atoms with Crippen LogP contribution >= 0.6 is 11.6 Å². The normalized spacial score (nSPS) is 12.5. The molecule has 1 nitrogen and oxygen atoms in total. The third-order valence-electron chi connectivity index (χ3n) is 3.39. The van der Waals surface area contributed by atoms with E-state index < -0.39 is 17.7 Å². The highest BCUT2D eigenvalue weighted by Gasteiger charge is 2.18. The maximum atomic E-state index is 14.1. The fourth-order valence-corrected chi connectivity index (χ4v) is 2.35. The molecule has 0 amide bonds. The van der Waals surface area contributed by atoms with Crippen molar-refractivity contribution in [3.63, 3.8) is 0 Å². The Morgan fingerprint density at radius 3 is 2.30 bits per heavy atom. The number of halogens is 3. The maximum Gasteiger partial charge on any atom is 0.128 e. The zero-order valence-corrected chi connectivity index (χ0v) is 12.4. The Kier molecular flexibility index (Phi) is 4.41. The number of rotatable bonds is 3. The minimum atomic E-state index is -0.421. The van der Waals surface area contributed by atoms with Crippen LogP contribution in [-0.2, 0) is 0 Å². The van der Waals surface area contributed by atoms with Crippen LogP contribution in [0.2, 0.25) is 5.02 Å². The fraction of sp³-hybridized carbons (Fsp3) is 0.250. The summed E-state index contributed by atoms with van der Waals surface area (Å²) in [5.74, 6) is -0.830. The Labute approximate surface area is 122 Å². The average molecular weight is 296 g/mol. The standard InChI is InChI=1S/C16H16ClF2N/c1-9-6-11(4-5-13(9)17)16(20-3)12-8-14(18)10(2)7-15(12)19/h4-8,16,20H,1-3H3. The van der Waals surface area contributed by atoms with Gasteiger partial charge in [-0.15, -0.1) is 0 Å². The van der Waals surface area contributed by atoms with Crippen LogP contribution < -0.4 is 5.32 Å². The first kappa shape index (κ1) is 14.9. The number of benzene rings is 2. The zero-order chi connectivity index (χ0) is 14.9. The molecule has 106 valence electrons. The molecule has 2 aromatic rings. The highest BCUT2D eigenvalue weighted by molar-refractivity contribution is 6.31. The SMILES string of the molecule is CNC(c1ccc(Cl)c(C)c1)c1cc(F)c(C)cc1F. The van der Waals surface area contributed by atoms with Gasteiger partial charge in [0.2, 0.25) is 0 Å². The van der Waals surface area contributed by atoms with Crippen LogP contribution in [0.3, 0.4) is 0 Å². The number of nitrogens with one attached hydrogen (secondary N) is 1. The van der Waals surface area contributed by atoms with Gasteiger partial charge in [-0.1, -0.05) is 23.7 Å². The van der Waals surface area contributed by atoms with E-state index in [0.717, 1.165) is 11.1 Å². The molecule has 4 heteroatoms. The molecule has 1 atom stereocenters. The van der Waals surface area contributed by atoms with Crippen molar-refractivity contribution < 1.29 is 8.78 Å². The molecule has 0 aliphatic carbocycles. The lowest BCUT2D eigenvalue weighted by atomic mass is 9.96. The van der Waals surface area contributed by atoms with Gasteiger partial charge in [0.1, 0.15) is 11.6 Å². The van der Waals surface area contributed by atoms with Crippen molar-refractivity contribution in [1.29, 1.82) is 0 Å². The Bertz CT molecular complexity index is 641. The maximum absolute atomic E-state index is 14.1. The molecule has 0 aliphatic rings. The monoisotopic (exact) mass is 295 g/mol. The van der Waals surface area contributed by atoms with E-state index in [-0.39, 0.29) is 5.56 Å².